The van der Waals surface area contributed by atoms with Crippen molar-refractivity contribution in [3.8, 4) is 0 Å². The molecule has 1 fully saturated rings. The average Bonchev–Trinajstić information content (AvgIpc) is 3.34. The molecule has 1 aromatic carbocycles. The molecule has 2 amide bonds. The van der Waals surface area contributed by atoms with E-state index in [2.05, 4.69) is 16.4 Å². The van der Waals surface area contributed by atoms with Crippen LogP contribution in [0.3, 0.4) is 0 Å². The summed E-state index contributed by atoms with van der Waals surface area (Å²) >= 11 is 0. The van der Waals surface area contributed by atoms with Crippen LogP contribution in [-0.4, -0.2) is 22.0 Å². The van der Waals surface area contributed by atoms with Gasteiger partial charge in [0.1, 0.15) is 0 Å². The molecule has 4 nitrogen and oxygen atoms in total. The van der Waals surface area contributed by atoms with Gasteiger partial charge in [-0.25, -0.2) is 4.79 Å². The van der Waals surface area contributed by atoms with Crippen molar-refractivity contribution in [1.82, 2.24) is 9.88 Å². The number of pyridine rings is 1. The maximum atomic E-state index is 12.6. The van der Waals surface area contributed by atoms with Gasteiger partial charge in [0.2, 0.25) is 0 Å². The number of carbonyl (C=O) groups is 1. The van der Waals surface area contributed by atoms with Crippen LogP contribution in [0.25, 0.3) is 0 Å². The van der Waals surface area contributed by atoms with E-state index in [1.165, 1.54) is 0 Å². The minimum Gasteiger partial charge on any atom is -0.316 e. The number of hydrogen-bond acceptors (Lipinski definition) is 2. The Morgan fingerprint density at radius 1 is 1.27 bits per heavy atom. The van der Waals surface area contributed by atoms with Crippen molar-refractivity contribution < 1.29 is 4.79 Å². The minimum absolute atomic E-state index is 0.0400. The number of carbonyl (C=O) groups excluding carboxylic acids is 1. The lowest BCUT2D eigenvalue weighted by Crippen LogP contribution is -2.36. The van der Waals surface area contributed by atoms with Gasteiger partial charge in [0.05, 0.1) is 12.2 Å². The number of anilines is 1. The highest BCUT2D eigenvalue weighted by Crippen LogP contribution is 2.29. The second kappa shape index (κ2) is 6.18. The highest BCUT2D eigenvalue weighted by Gasteiger charge is 2.33. The molecule has 0 radical (unpaired) electrons. The molecule has 3 rings (SSSR count). The summed E-state index contributed by atoms with van der Waals surface area (Å²) < 4.78 is 0. The average molecular weight is 295 g/mol. The van der Waals surface area contributed by atoms with E-state index in [1.54, 1.807) is 6.20 Å². The van der Waals surface area contributed by atoms with Gasteiger partial charge in [-0.15, -0.1) is 0 Å². The van der Waals surface area contributed by atoms with E-state index >= 15 is 0 Å². The summed E-state index contributed by atoms with van der Waals surface area (Å²) in [6.45, 7) is 4.60. The van der Waals surface area contributed by atoms with Crippen molar-refractivity contribution in [1.29, 1.82) is 0 Å². The predicted octanol–water partition coefficient (Wildman–Crippen LogP) is 3.89. The molecule has 0 unspecified atom stereocenters. The molecule has 1 aliphatic rings. The van der Waals surface area contributed by atoms with Crippen molar-refractivity contribution in [3.05, 3.63) is 59.4 Å². The lowest BCUT2D eigenvalue weighted by atomic mass is 10.1. The molecule has 4 heteroatoms. The van der Waals surface area contributed by atoms with Crippen LogP contribution in [0.5, 0.6) is 0 Å². The summed E-state index contributed by atoms with van der Waals surface area (Å²) in [5.41, 5.74) is 4.03. The number of benzene rings is 1. The largest absolute Gasteiger partial charge is 0.322 e. The summed E-state index contributed by atoms with van der Waals surface area (Å²) in [7, 11) is 0. The van der Waals surface area contributed by atoms with Crippen LogP contribution in [0.15, 0.2) is 42.6 Å². The number of aryl methyl sites for hydroxylation is 2. The van der Waals surface area contributed by atoms with Gasteiger partial charge in [-0.1, -0.05) is 18.2 Å². The van der Waals surface area contributed by atoms with Crippen LogP contribution in [0.1, 0.15) is 29.7 Å². The normalized spacial score (nSPS) is 13.7. The predicted molar refractivity (Wildman–Crippen MR) is 87.7 cm³/mol. The fourth-order valence-electron chi connectivity index (χ4n) is 2.48. The maximum absolute atomic E-state index is 12.6. The van der Waals surface area contributed by atoms with Gasteiger partial charge in [-0.05, 0) is 56.0 Å². The van der Waals surface area contributed by atoms with Gasteiger partial charge in [-0.2, -0.15) is 0 Å². The summed E-state index contributed by atoms with van der Waals surface area (Å²) in [4.78, 5) is 18.9. The first-order valence-electron chi connectivity index (χ1n) is 7.68. The molecule has 114 valence electrons. The SMILES string of the molecule is Cc1ccc(C)c(NC(=O)N(Cc2ccccn2)C2CC2)c1. The Bertz CT molecular complexity index is 665. The fourth-order valence-corrected chi connectivity index (χ4v) is 2.48. The zero-order chi connectivity index (χ0) is 15.5. The molecule has 1 saturated carbocycles. The molecule has 0 spiro atoms. The van der Waals surface area contributed by atoms with E-state index in [0.29, 0.717) is 12.6 Å². The highest BCUT2D eigenvalue weighted by atomic mass is 16.2. The molecule has 0 saturated heterocycles. The number of nitrogens with one attached hydrogen (secondary N) is 1. The van der Waals surface area contributed by atoms with Crippen LogP contribution in [0, 0.1) is 13.8 Å². The van der Waals surface area contributed by atoms with E-state index < -0.39 is 0 Å². The van der Waals surface area contributed by atoms with Crippen LogP contribution >= 0.6 is 0 Å². The Kier molecular flexibility index (Phi) is 4.09. The molecule has 1 aromatic heterocycles. The molecular weight excluding hydrogens is 274 g/mol. The smallest absolute Gasteiger partial charge is 0.316 e. The number of urea groups is 1. The molecule has 1 heterocycles. The number of rotatable bonds is 4. The van der Waals surface area contributed by atoms with E-state index in [-0.39, 0.29) is 6.03 Å². The van der Waals surface area contributed by atoms with E-state index in [1.807, 2.05) is 49.1 Å². The third kappa shape index (κ3) is 3.45. The Hall–Kier alpha value is -2.36. The monoisotopic (exact) mass is 295 g/mol. The Morgan fingerprint density at radius 3 is 2.77 bits per heavy atom. The van der Waals surface area contributed by atoms with Crippen molar-refractivity contribution in [2.24, 2.45) is 0 Å². The quantitative estimate of drug-likeness (QED) is 0.930. The van der Waals surface area contributed by atoms with E-state index in [0.717, 1.165) is 35.3 Å². The zero-order valence-corrected chi connectivity index (χ0v) is 13.0. The molecular formula is C18H21N3O. The summed E-state index contributed by atoms with van der Waals surface area (Å²) in [5, 5.41) is 3.05. The second-order valence-electron chi connectivity index (χ2n) is 5.93. The first kappa shape index (κ1) is 14.6. The Balaban J connectivity index is 1.74. The fraction of sp³-hybridized carbons (Fsp3) is 0.333. The Labute approximate surface area is 131 Å². The van der Waals surface area contributed by atoms with E-state index in [9.17, 15) is 4.79 Å². The van der Waals surface area contributed by atoms with Crippen LogP contribution < -0.4 is 5.32 Å². The molecule has 1 N–H and O–H groups in total. The first-order valence-corrected chi connectivity index (χ1v) is 7.68. The number of nitrogens with zero attached hydrogens (tertiary/aromatic N) is 2. The van der Waals surface area contributed by atoms with Crippen LogP contribution in [-0.2, 0) is 6.54 Å². The summed E-state index contributed by atoms with van der Waals surface area (Å²) in [6.07, 6.45) is 3.92. The van der Waals surface area contributed by atoms with Gasteiger partial charge in [-0.3, -0.25) is 4.98 Å². The minimum atomic E-state index is -0.0400. The van der Waals surface area contributed by atoms with Crippen molar-refractivity contribution in [2.45, 2.75) is 39.3 Å². The highest BCUT2D eigenvalue weighted by molar-refractivity contribution is 5.90. The van der Waals surface area contributed by atoms with Gasteiger partial charge in [0.15, 0.2) is 0 Å². The molecule has 2 aromatic rings. The van der Waals surface area contributed by atoms with Gasteiger partial charge >= 0.3 is 6.03 Å². The second-order valence-corrected chi connectivity index (χ2v) is 5.93. The summed E-state index contributed by atoms with van der Waals surface area (Å²) in [5.74, 6) is 0. The van der Waals surface area contributed by atoms with E-state index in [4.69, 9.17) is 0 Å². The molecule has 0 aliphatic heterocycles. The van der Waals surface area contributed by atoms with Crippen LogP contribution in [0.4, 0.5) is 10.5 Å². The van der Waals surface area contributed by atoms with Crippen molar-refractivity contribution in [3.63, 3.8) is 0 Å². The van der Waals surface area contributed by atoms with Crippen molar-refractivity contribution in [2.75, 3.05) is 5.32 Å². The van der Waals surface area contributed by atoms with Crippen molar-refractivity contribution >= 4 is 11.7 Å². The third-order valence-corrected chi connectivity index (χ3v) is 3.94. The number of hydrogen-bond donors (Lipinski definition) is 1. The molecule has 0 bridgehead atoms. The molecule has 0 atom stereocenters. The number of amides is 2. The maximum Gasteiger partial charge on any atom is 0.322 e. The van der Waals surface area contributed by atoms with Gasteiger partial charge in [0.25, 0.3) is 0 Å². The topological polar surface area (TPSA) is 45.2 Å². The molecule has 22 heavy (non-hydrogen) atoms. The first-order chi connectivity index (χ1) is 10.6. The van der Waals surface area contributed by atoms with Gasteiger partial charge in [0, 0.05) is 17.9 Å². The zero-order valence-electron chi connectivity index (χ0n) is 13.0. The lowest BCUT2D eigenvalue weighted by molar-refractivity contribution is 0.205. The Morgan fingerprint density at radius 2 is 2.09 bits per heavy atom. The van der Waals surface area contributed by atoms with Gasteiger partial charge < -0.3 is 10.2 Å². The van der Waals surface area contributed by atoms with Crippen LogP contribution in [0.2, 0.25) is 0 Å². The summed E-state index contributed by atoms with van der Waals surface area (Å²) in [6, 6.07) is 12.2. The molecule has 1 aliphatic carbocycles. The number of aromatic nitrogens is 1. The standard InChI is InChI=1S/C18H21N3O/c1-13-6-7-14(2)17(11-13)20-18(22)21(16-8-9-16)12-15-5-3-4-10-19-15/h3-7,10-11,16H,8-9,12H2,1-2H3,(H,20,22). The third-order valence-electron chi connectivity index (χ3n) is 3.94. The lowest BCUT2D eigenvalue weighted by Gasteiger charge is -2.23.